The van der Waals surface area contributed by atoms with Gasteiger partial charge in [0, 0.05) is 11.1 Å². The first-order valence-electron chi connectivity index (χ1n) is 12.7. The van der Waals surface area contributed by atoms with Crippen molar-refractivity contribution in [3.8, 4) is 0 Å². The van der Waals surface area contributed by atoms with Crippen LogP contribution in [0.3, 0.4) is 0 Å². The molecule has 2 unspecified atom stereocenters. The Bertz CT molecular complexity index is 841. The van der Waals surface area contributed by atoms with Crippen LogP contribution in [0, 0.1) is 29.4 Å². The molecule has 0 spiro atoms. The van der Waals surface area contributed by atoms with Gasteiger partial charge in [0.05, 0.1) is 6.61 Å². The summed E-state index contributed by atoms with van der Waals surface area (Å²) >= 11 is 0. The molecule has 3 aliphatic rings. The molecule has 174 valence electrons. The van der Waals surface area contributed by atoms with Crippen LogP contribution < -0.4 is 0 Å². The predicted octanol–water partition coefficient (Wildman–Crippen LogP) is 8.72. The van der Waals surface area contributed by atoms with Crippen molar-refractivity contribution in [2.24, 2.45) is 17.8 Å². The van der Waals surface area contributed by atoms with Crippen molar-refractivity contribution in [3.63, 3.8) is 0 Å². The summed E-state index contributed by atoms with van der Waals surface area (Å²) in [6.07, 6.45) is 24.5. The molecule has 4 rings (SSSR count). The van der Waals surface area contributed by atoms with Gasteiger partial charge in [-0.15, -0.1) is 0 Å². The van der Waals surface area contributed by atoms with Crippen LogP contribution in [0.4, 0.5) is 8.78 Å². The Labute approximate surface area is 192 Å². The molecule has 32 heavy (non-hydrogen) atoms. The molecule has 2 fully saturated rings. The van der Waals surface area contributed by atoms with Crippen molar-refractivity contribution in [3.05, 3.63) is 65.3 Å². The zero-order valence-corrected chi connectivity index (χ0v) is 19.5. The first-order chi connectivity index (χ1) is 15.7. The van der Waals surface area contributed by atoms with E-state index in [1.807, 2.05) is 0 Å². The molecule has 0 aromatic heterocycles. The first-order valence-corrected chi connectivity index (χ1v) is 12.7. The van der Waals surface area contributed by atoms with Crippen LogP contribution >= 0.6 is 0 Å². The van der Waals surface area contributed by atoms with Gasteiger partial charge < -0.3 is 4.74 Å². The molecule has 2 atom stereocenters. The average molecular weight is 441 g/mol. The molecule has 0 N–H and O–H groups in total. The Morgan fingerprint density at radius 2 is 1.62 bits per heavy atom. The minimum absolute atomic E-state index is 0.258. The maximum atomic E-state index is 14.6. The highest BCUT2D eigenvalue weighted by molar-refractivity contribution is 5.67. The van der Waals surface area contributed by atoms with Crippen molar-refractivity contribution in [1.82, 2.24) is 0 Å². The van der Waals surface area contributed by atoms with Gasteiger partial charge in [-0.05, 0) is 75.2 Å². The Balaban J connectivity index is 1.19. The molecule has 1 aromatic carbocycles. The second-order valence-corrected chi connectivity index (χ2v) is 9.95. The zero-order chi connectivity index (χ0) is 22.3. The summed E-state index contributed by atoms with van der Waals surface area (Å²) in [7, 11) is 0. The Hall–Kier alpha value is -1.74. The fraction of sp³-hybridized carbons (Fsp3) is 0.586. The van der Waals surface area contributed by atoms with Crippen LogP contribution in [0.2, 0.25) is 0 Å². The number of hydrogen-bond acceptors (Lipinski definition) is 1. The lowest BCUT2D eigenvalue weighted by Crippen LogP contribution is -2.14. The fourth-order valence-corrected chi connectivity index (χ4v) is 5.49. The number of rotatable bonds is 9. The first kappa shape index (κ1) is 23.4. The largest absolute Gasteiger partial charge is 0.368 e. The van der Waals surface area contributed by atoms with Crippen LogP contribution in [0.15, 0.2) is 42.5 Å². The molecule has 0 amide bonds. The number of ether oxygens (including phenoxy) is 1. The van der Waals surface area contributed by atoms with E-state index in [1.165, 1.54) is 51.4 Å². The van der Waals surface area contributed by atoms with E-state index < -0.39 is 11.6 Å². The minimum Gasteiger partial charge on any atom is -0.368 e. The normalized spacial score (nSPS) is 28.4. The predicted molar refractivity (Wildman–Crippen MR) is 128 cm³/mol. The monoisotopic (exact) mass is 440 g/mol. The van der Waals surface area contributed by atoms with Gasteiger partial charge in [0.1, 0.15) is 6.10 Å². The summed E-state index contributed by atoms with van der Waals surface area (Å²) in [5, 5.41) is 0. The molecule has 3 heteroatoms. The molecular formula is C29H38F2O. The topological polar surface area (TPSA) is 12.5 Å². The third-order valence-corrected chi connectivity index (χ3v) is 7.68. The standard InChI is InChI=1S/C29H38F2O/c1-2-3-4-7-21-10-12-22(13-11-21)8-5-6-9-23-14-16-24(17-15-23)25-18-19-26(27-20-32-27)29(31)28(25)30/h2-3,6,9,16,18-19,21-23,27H,4-5,7-8,10-15,17,20H2,1H3/b3-2+,9-6+. The van der Waals surface area contributed by atoms with Crippen molar-refractivity contribution in [2.75, 3.05) is 6.61 Å². The lowest BCUT2D eigenvalue weighted by Gasteiger charge is -2.28. The molecular weight excluding hydrogens is 402 g/mol. The van der Waals surface area contributed by atoms with E-state index in [4.69, 9.17) is 4.74 Å². The van der Waals surface area contributed by atoms with Gasteiger partial charge in [0.25, 0.3) is 0 Å². The molecule has 0 bridgehead atoms. The summed E-state index contributed by atoms with van der Waals surface area (Å²) in [6.45, 7) is 2.60. The van der Waals surface area contributed by atoms with Gasteiger partial charge in [-0.2, -0.15) is 0 Å². The highest BCUT2D eigenvalue weighted by Gasteiger charge is 2.30. The van der Waals surface area contributed by atoms with E-state index in [1.54, 1.807) is 12.1 Å². The van der Waals surface area contributed by atoms with Crippen LogP contribution in [0.5, 0.6) is 0 Å². The number of halogens is 2. The van der Waals surface area contributed by atoms with E-state index >= 15 is 0 Å². The van der Waals surface area contributed by atoms with Gasteiger partial charge >= 0.3 is 0 Å². The van der Waals surface area contributed by atoms with Crippen LogP contribution in [0.25, 0.3) is 5.57 Å². The highest BCUT2D eigenvalue weighted by Crippen LogP contribution is 2.38. The van der Waals surface area contributed by atoms with Gasteiger partial charge in [-0.3, -0.25) is 0 Å². The summed E-state index contributed by atoms with van der Waals surface area (Å²) in [5.74, 6) is 0.915. The van der Waals surface area contributed by atoms with Crippen molar-refractivity contribution >= 4 is 5.57 Å². The average Bonchev–Trinajstić information content (AvgIpc) is 3.65. The number of epoxide rings is 1. The van der Waals surface area contributed by atoms with Crippen molar-refractivity contribution < 1.29 is 13.5 Å². The van der Waals surface area contributed by atoms with E-state index in [9.17, 15) is 8.78 Å². The third-order valence-electron chi connectivity index (χ3n) is 7.68. The Kier molecular flexibility index (Phi) is 8.35. The Morgan fingerprint density at radius 3 is 2.22 bits per heavy atom. The summed E-state index contributed by atoms with van der Waals surface area (Å²) < 4.78 is 34.0. The number of hydrogen-bond donors (Lipinski definition) is 0. The summed E-state index contributed by atoms with van der Waals surface area (Å²) in [6, 6.07) is 3.42. The van der Waals surface area contributed by atoms with Gasteiger partial charge in [-0.25, -0.2) is 8.78 Å². The lowest BCUT2D eigenvalue weighted by atomic mass is 9.78. The van der Waals surface area contributed by atoms with E-state index in [-0.39, 0.29) is 6.10 Å². The van der Waals surface area contributed by atoms with Gasteiger partial charge in [0.2, 0.25) is 0 Å². The fourth-order valence-electron chi connectivity index (χ4n) is 5.49. The maximum Gasteiger partial charge on any atom is 0.166 e. The number of allylic oxidation sites excluding steroid dienone is 6. The second kappa shape index (κ2) is 11.4. The molecule has 1 heterocycles. The summed E-state index contributed by atoms with van der Waals surface area (Å²) in [5.41, 5.74) is 1.72. The van der Waals surface area contributed by atoms with Gasteiger partial charge in [0.15, 0.2) is 11.6 Å². The smallest absolute Gasteiger partial charge is 0.166 e. The highest BCUT2D eigenvalue weighted by atomic mass is 19.2. The van der Waals surface area contributed by atoms with Crippen LogP contribution in [0.1, 0.15) is 94.8 Å². The van der Waals surface area contributed by atoms with Crippen molar-refractivity contribution in [2.45, 2.75) is 83.7 Å². The molecule has 0 radical (unpaired) electrons. The van der Waals surface area contributed by atoms with Crippen LogP contribution in [-0.4, -0.2) is 6.61 Å². The van der Waals surface area contributed by atoms with Crippen LogP contribution in [-0.2, 0) is 4.74 Å². The van der Waals surface area contributed by atoms with E-state index in [0.717, 1.165) is 36.7 Å². The second-order valence-electron chi connectivity index (χ2n) is 9.95. The Morgan fingerprint density at radius 1 is 0.938 bits per heavy atom. The third kappa shape index (κ3) is 6.19. The summed E-state index contributed by atoms with van der Waals surface area (Å²) in [4.78, 5) is 0. The molecule has 1 aromatic rings. The number of benzene rings is 1. The molecule has 1 saturated carbocycles. The van der Waals surface area contributed by atoms with E-state index in [2.05, 4.69) is 37.3 Å². The quantitative estimate of drug-likeness (QED) is 0.276. The zero-order valence-electron chi connectivity index (χ0n) is 19.5. The molecule has 1 nitrogen and oxygen atoms in total. The molecule has 1 aliphatic heterocycles. The molecule has 2 aliphatic carbocycles. The van der Waals surface area contributed by atoms with Gasteiger partial charge in [-0.1, -0.05) is 68.2 Å². The van der Waals surface area contributed by atoms with Crippen molar-refractivity contribution in [1.29, 1.82) is 0 Å². The molecule has 1 saturated heterocycles. The minimum atomic E-state index is -0.736. The SMILES string of the molecule is C/C=C/CCC1CCC(CC/C=C/C2CC=C(c3ccc(C4CO4)c(F)c3F)CC2)CC1. The van der Waals surface area contributed by atoms with E-state index in [0.29, 0.717) is 23.7 Å². The lowest BCUT2D eigenvalue weighted by molar-refractivity contribution is 0.255. The maximum absolute atomic E-state index is 14.6.